The Labute approximate surface area is 164 Å². The topological polar surface area (TPSA) is 101 Å². The summed E-state index contributed by atoms with van der Waals surface area (Å²) >= 11 is 0. The zero-order valence-electron chi connectivity index (χ0n) is 16.4. The lowest BCUT2D eigenvalue weighted by atomic mass is 10.1. The summed E-state index contributed by atoms with van der Waals surface area (Å²) in [5.74, 6) is 1.22. The maximum atomic E-state index is 10.8. The van der Waals surface area contributed by atoms with Crippen molar-refractivity contribution in [3.8, 4) is 0 Å². The quantitative estimate of drug-likeness (QED) is 0.556. The Hall–Kier alpha value is -2.42. The molecule has 0 amide bonds. The number of anilines is 1. The van der Waals surface area contributed by atoms with Crippen LogP contribution in [-0.2, 0) is 11.3 Å². The number of para-hydroxylation sites is 1. The lowest BCUT2D eigenvalue weighted by Gasteiger charge is -2.39. The normalized spacial score (nSPS) is 16.7. The molecule has 0 aliphatic carbocycles. The number of hydrogen-bond donors (Lipinski definition) is 3. The fraction of sp³-hybridized carbons (Fsp3) is 0.500. The highest BCUT2D eigenvalue weighted by Crippen LogP contribution is 2.31. The van der Waals surface area contributed by atoms with Crippen LogP contribution in [0.3, 0.4) is 0 Å². The molecule has 0 bridgehead atoms. The zero-order valence-corrected chi connectivity index (χ0v) is 16.4. The summed E-state index contributed by atoms with van der Waals surface area (Å²) in [4.78, 5) is 9.36. The van der Waals surface area contributed by atoms with E-state index in [1.807, 2.05) is 29.3 Å². The van der Waals surface area contributed by atoms with Gasteiger partial charge in [0, 0.05) is 18.6 Å². The van der Waals surface area contributed by atoms with Gasteiger partial charge in [-0.2, -0.15) is 0 Å². The predicted molar refractivity (Wildman–Crippen MR) is 111 cm³/mol. The van der Waals surface area contributed by atoms with E-state index in [4.69, 9.17) is 15.5 Å². The molecule has 1 unspecified atom stereocenters. The first kappa shape index (κ1) is 18.9. The molecule has 1 aromatic carbocycles. The molecule has 0 saturated carbocycles. The number of aliphatic hydroxyl groups excluding tert-OH is 1. The molecule has 3 aromatic rings. The first-order valence-electron chi connectivity index (χ1n) is 9.92. The Morgan fingerprint density at radius 1 is 1.32 bits per heavy atom. The summed E-state index contributed by atoms with van der Waals surface area (Å²) in [7, 11) is 0. The van der Waals surface area contributed by atoms with E-state index in [9.17, 15) is 5.11 Å². The maximum Gasteiger partial charge on any atom is 0.152 e. The second-order valence-corrected chi connectivity index (χ2v) is 7.19. The van der Waals surface area contributed by atoms with Gasteiger partial charge in [0.1, 0.15) is 23.1 Å². The number of nitrogens with one attached hydrogen (secondary N) is 1. The lowest BCUT2D eigenvalue weighted by Crippen LogP contribution is -2.52. The minimum Gasteiger partial charge on any atom is -0.382 e. The first-order valence-corrected chi connectivity index (χ1v) is 9.92. The number of aromatic nitrogens is 3. The third-order valence-corrected chi connectivity index (χ3v) is 5.28. The van der Waals surface area contributed by atoms with E-state index in [-0.39, 0.29) is 6.04 Å². The number of benzene rings is 1. The Bertz CT molecular complexity index is 964. The van der Waals surface area contributed by atoms with Crippen molar-refractivity contribution in [3.63, 3.8) is 0 Å². The Morgan fingerprint density at radius 3 is 2.79 bits per heavy atom. The van der Waals surface area contributed by atoms with Gasteiger partial charge in [-0.1, -0.05) is 25.1 Å². The molecule has 150 valence electrons. The molecule has 1 atom stereocenters. The number of pyridine rings is 1. The van der Waals surface area contributed by atoms with Crippen molar-refractivity contribution in [2.45, 2.75) is 45.5 Å². The van der Waals surface area contributed by atoms with Gasteiger partial charge in [0.15, 0.2) is 5.82 Å². The minimum atomic E-state index is -0.686. The molecular formula is C20H28N6O2. The Kier molecular flexibility index (Phi) is 5.34. The van der Waals surface area contributed by atoms with E-state index in [0.29, 0.717) is 31.1 Å². The number of imidazole rings is 1. The number of rotatable bonds is 6. The van der Waals surface area contributed by atoms with Crippen LogP contribution in [0.5, 0.6) is 0 Å². The van der Waals surface area contributed by atoms with Gasteiger partial charge in [-0.05, 0) is 32.4 Å². The van der Waals surface area contributed by atoms with Crippen LogP contribution in [0.2, 0.25) is 0 Å². The van der Waals surface area contributed by atoms with Gasteiger partial charge in [0.2, 0.25) is 0 Å². The van der Waals surface area contributed by atoms with Crippen molar-refractivity contribution in [2.24, 2.45) is 0 Å². The Balaban J connectivity index is 1.99. The predicted octanol–water partition coefficient (Wildman–Crippen LogP) is 1.73. The molecule has 1 fully saturated rings. The second kappa shape index (κ2) is 7.90. The molecule has 1 aliphatic rings. The number of ether oxygens (including phenoxy) is 1. The van der Waals surface area contributed by atoms with Gasteiger partial charge in [0.05, 0.1) is 18.1 Å². The van der Waals surface area contributed by atoms with Crippen molar-refractivity contribution >= 4 is 27.8 Å². The smallest absolute Gasteiger partial charge is 0.152 e. The number of aliphatic hydroxyl groups is 1. The van der Waals surface area contributed by atoms with E-state index < -0.39 is 6.23 Å². The average Bonchev–Trinajstić information content (AvgIpc) is 3.07. The summed E-state index contributed by atoms with van der Waals surface area (Å²) in [5.41, 5.74) is 8.66. The van der Waals surface area contributed by atoms with Crippen LogP contribution in [0.25, 0.3) is 21.9 Å². The fourth-order valence-electron chi connectivity index (χ4n) is 4.02. The molecule has 1 saturated heterocycles. The van der Waals surface area contributed by atoms with Crippen molar-refractivity contribution in [2.75, 3.05) is 30.5 Å². The largest absolute Gasteiger partial charge is 0.382 e. The zero-order chi connectivity index (χ0) is 19.7. The van der Waals surface area contributed by atoms with Crippen LogP contribution in [0, 0.1) is 0 Å². The molecule has 4 N–H and O–H groups in total. The van der Waals surface area contributed by atoms with Crippen LogP contribution in [-0.4, -0.2) is 51.8 Å². The van der Waals surface area contributed by atoms with Gasteiger partial charge in [-0.25, -0.2) is 14.6 Å². The SMILES string of the molecule is CCNCc1nc2c(N)nc3ccccc3c2n1N(C(C)O)C1CCOCC1. The second-order valence-electron chi connectivity index (χ2n) is 7.19. The summed E-state index contributed by atoms with van der Waals surface area (Å²) in [5, 5.41) is 17.1. The maximum absolute atomic E-state index is 10.8. The highest BCUT2D eigenvalue weighted by molar-refractivity contribution is 6.06. The van der Waals surface area contributed by atoms with E-state index in [1.165, 1.54) is 0 Å². The standard InChI is InChI=1S/C20H28N6O2/c1-3-22-12-17-24-18-19(15-6-4-5-7-16(15)23-20(18)21)26(17)25(13(2)27)14-8-10-28-11-9-14/h4-7,13-14,22,27H,3,8-12H2,1-2H3,(H2,21,23). The van der Waals surface area contributed by atoms with Crippen molar-refractivity contribution in [1.82, 2.24) is 20.0 Å². The summed E-state index contributed by atoms with van der Waals surface area (Å²) < 4.78 is 7.60. The number of fused-ring (bicyclic) bond motifs is 3. The van der Waals surface area contributed by atoms with Crippen LogP contribution in [0.4, 0.5) is 5.82 Å². The van der Waals surface area contributed by atoms with Crippen LogP contribution >= 0.6 is 0 Å². The van der Waals surface area contributed by atoms with Crippen LogP contribution < -0.4 is 16.1 Å². The first-order chi connectivity index (χ1) is 13.6. The van der Waals surface area contributed by atoms with E-state index in [1.54, 1.807) is 6.92 Å². The minimum absolute atomic E-state index is 0.152. The monoisotopic (exact) mass is 384 g/mol. The third-order valence-electron chi connectivity index (χ3n) is 5.28. The van der Waals surface area contributed by atoms with E-state index in [0.717, 1.165) is 41.6 Å². The number of nitrogen functional groups attached to an aromatic ring is 1. The van der Waals surface area contributed by atoms with Gasteiger partial charge >= 0.3 is 0 Å². The molecule has 28 heavy (non-hydrogen) atoms. The van der Waals surface area contributed by atoms with Gasteiger partial charge in [0.25, 0.3) is 0 Å². The molecule has 2 aromatic heterocycles. The number of nitrogens with zero attached hydrogens (tertiary/aromatic N) is 4. The molecule has 0 radical (unpaired) electrons. The van der Waals surface area contributed by atoms with Gasteiger partial charge in [-0.3, -0.25) is 5.01 Å². The molecule has 8 nitrogen and oxygen atoms in total. The molecule has 3 heterocycles. The van der Waals surface area contributed by atoms with E-state index >= 15 is 0 Å². The third kappa shape index (κ3) is 3.28. The van der Waals surface area contributed by atoms with Gasteiger partial charge in [-0.15, -0.1) is 0 Å². The lowest BCUT2D eigenvalue weighted by molar-refractivity contribution is 0.0582. The molecule has 1 aliphatic heterocycles. The average molecular weight is 384 g/mol. The fourth-order valence-corrected chi connectivity index (χ4v) is 4.02. The highest BCUT2D eigenvalue weighted by Gasteiger charge is 2.30. The number of hydrogen-bond acceptors (Lipinski definition) is 7. The van der Waals surface area contributed by atoms with Crippen molar-refractivity contribution in [3.05, 3.63) is 30.1 Å². The Morgan fingerprint density at radius 2 is 2.07 bits per heavy atom. The van der Waals surface area contributed by atoms with E-state index in [2.05, 4.69) is 21.9 Å². The summed E-state index contributed by atoms with van der Waals surface area (Å²) in [6, 6.07) is 8.07. The van der Waals surface area contributed by atoms with Crippen LogP contribution in [0.1, 0.15) is 32.5 Å². The van der Waals surface area contributed by atoms with Gasteiger partial charge < -0.3 is 20.9 Å². The molecular weight excluding hydrogens is 356 g/mol. The summed E-state index contributed by atoms with van der Waals surface area (Å²) in [6.07, 6.45) is 1.02. The van der Waals surface area contributed by atoms with Crippen LogP contribution in [0.15, 0.2) is 24.3 Å². The molecule has 0 spiro atoms. The van der Waals surface area contributed by atoms with Crippen molar-refractivity contribution < 1.29 is 9.84 Å². The molecule has 8 heteroatoms. The molecule has 4 rings (SSSR count). The highest BCUT2D eigenvalue weighted by atomic mass is 16.5. The van der Waals surface area contributed by atoms with Crippen molar-refractivity contribution in [1.29, 1.82) is 0 Å². The summed E-state index contributed by atoms with van der Waals surface area (Å²) in [6.45, 7) is 6.63. The number of nitrogens with two attached hydrogens (primary N) is 1.